The number of nitrogens with zero attached hydrogens (tertiary/aromatic N) is 1. The summed E-state index contributed by atoms with van der Waals surface area (Å²) in [6.45, 7) is 1.80. The summed E-state index contributed by atoms with van der Waals surface area (Å²) in [5, 5.41) is 9.92. The first-order chi connectivity index (χ1) is 15.4. The highest BCUT2D eigenvalue weighted by Gasteiger charge is 2.48. The molecule has 1 fully saturated rings. The van der Waals surface area contributed by atoms with Crippen molar-refractivity contribution in [3.63, 3.8) is 0 Å². The number of halogens is 2. The number of carboxylic acid groups (broad SMARTS) is 1. The molecule has 164 valence electrons. The third kappa shape index (κ3) is 3.25. The minimum absolute atomic E-state index is 0.0376. The largest absolute Gasteiger partial charge is 0.478 e. The molecular formula is C24H23BF2N2O3. The average Bonchev–Trinajstić information content (AvgIpc) is 3.40. The van der Waals surface area contributed by atoms with E-state index in [2.05, 4.69) is 9.88 Å². The number of ether oxygens (including phenoxy) is 1. The summed E-state index contributed by atoms with van der Waals surface area (Å²) in [7, 11) is 1.87. The highest BCUT2D eigenvalue weighted by molar-refractivity contribution is 6.18. The molecular weight excluding hydrogens is 413 g/mol. The van der Waals surface area contributed by atoms with Crippen molar-refractivity contribution in [2.75, 3.05) is 19.8 Å². The highest BCUT2D eigenvalue weighted by atomic mass is 19.1. The van der Waals surface area contributed by atoms with Gasteiger partial charge in [-0.3, -0.25) is 4.90 Å². The molecule has 0 amide bonds. The van der Waals surface area contributed by atoms with Crippen molar-refractivity contribution in [3.05, 3.63) is 76.5 Å². The summed E-state index contributed by atoms with van der Waals surface area (Å²) in [5.74, 6) is -2.58. The van der Waals surface area contributed by atoms with Gasteiger partial charge >= 0.3 is 5.97 Å². The molecule has 1 aromatic heterocycles. The molecule has 0 spiro atoms. The summed E-state index contributed by atoms with van der Waals surface area (Å²) < 4.78 is 36.8. The molecule has 0 aliphatic carbocycles. The predicted octanol–water partition coefficient (Wildman–Crippen LogP) is 3.03. The second-order valence-corrected chi connectivity index (χ2v) is 8.59. The van der Waals surface area contributed by atoms with Gasteiger partial charge < -0.3 is 14.8 Å². The Morgan fingerprint density at radius 3 is 2.72 bits per heavy atom. The Kier molecular flexibility index (Phi) is 5.14. The predicted molar refractivity (Wildman–Crippen MR) is 120 cm³/mol. The molecule has 0 unspecified atom stereocenters. The number of hydrogen-bond acceptors (Lipinski definition) is 3. The van der Waals surface area contributed by atoms with Gasteiger partial charge in [-0.1, -0.05) is 18.2 Å². The number of H-pyrrole nitrogens is 1. The number of aromatic amines is 1. The maximum absolute atomic E-state index is 15.6. The highest BCUT2D eigenvalue weighted by Crippen LogP contribution is 2.45. The fraction of sp³-hybridized carbons (Fsp3) is 0.292. The van der Waals surface area contributed by atoms with Crippen LogP contribution in [-0.4, -0.2) is 54.6 Å². The Morgan fingerprint density at radius 1 is 1.28 bits per heavy atom. The van der Waals surface area contributed by atoms with Crippen LogP contribution in [0.4, 0.5) is 8.78 Å². The second-order valence-electron chi connectivity index (χ2n) is 8.59. The lowest BCUT2D eigenvalue weighted by Gasteiger charge is -2.48. The van der Waals surface area contributed by atoms with Gasteiger partial charge in [-0.05, 0) is 48.2 Å². The van der Waals surface area contributed by atoms with Crippen LogP contribution in [0.2, 0.25) is 0 Å². The van der Waals surface area contributed by atoms with Gasteiger partial charge in [-0.15, -0.1) is 0 Å². The molecule has 0 radical (unpaired) electrons. The average molecular weight is 436 g/mol. The molecule has 0 saturated carbocycles. The zero-order valence-corrected chi connectivity index (χ0v) is 17.7. The van der Waals surface area contributed by atoms with Crippen molar-refractivity contribution < 1.29 is 23.4 Å². The molecule has 2 atom stereocenters. The summed E-state index contributed by atoms with van der Waals surface area (Å²) >= 11 is 0. The number of nitrogens with one attached hydrogen (secondary N) is 1. The molecule has 3 heterocycles. The number of carbonyl (C=O) groups is 1. The number of fused-ring (bicyclic) bond motifs is 3. The Balaban J connectivity index is 1.72. The van der Waals surface area contributed by atoms with E-state index in [1.807, 2.05) is 32.1 Å². The Bertz CT molecular complexity index is 1210. The molecule has 2 aliphatic rings. The standard InChI is InChI=1S/C24H23BF2N2O3/c25-24(22-18(26)11-14(12-19(22)27)5-6-21(30)31)23-17(16-3-1-2-4-20(16)28-23)7-9-29(24)15-8-10-32-13-15/h1-6,11-12,15,28H,7-10,13,25H2,(H,30,31)/b6-5+/t15-,24+/m0/s1. The quantitative estimate of drug-likeness (QED) is 0.488. The van der Waals surface area contributed by atoms with Crippen LogP contribution in [0.1, 0.15) is 28.8 Å². The van der Waals surface area contributed by atoms with E-state index >= 15 is 8.78 Å². The van der Waals surface area contributed by atoms with Gasteiger partial charge in [0.25, 0.3) is 0 Å². The topological polar surface area (TPSA) is 65.6 Å². The van der Waals surface area contributed by atoms with Crippen LogP contribution in [0.25, 0.3) is 17.0 Å². The van der Waals surface area contributed by atoms with Crippen molar-refractivity contribution in [1.82, 2.24) is 9.88 Å². The molecule has 0 bridgehead atoms. The molecule has 3 aromatic rings. The van der Waals surface area contributed by atoms with Gasteiger partial charge in [-0.2, -0.15) is 0 Å². The summed E-state index contributed by atoms with van der Waals surface area (Å²) in [6.07, 6.45) is 3.63. The van der Waals surface area contributed by atoms with E-state index in [0.717, 1.165) is 41.1 Å². The van der Waals surface area contributed by atoms with Crippen LogP contribution in [0.5, 0.6) is 0 Å². The van der Waals surface area contributed by atoms with Gasteiger partial charge in [0.2, 0.25) is 0 Å². The lowest BCUT2D eigenvalue weighted by molar-refractivity contribution is -0.131. The molecule has 32 heavy (non-hydrogen) atoms. The summed E-state index contributed by atoms with van der Waals surface area (Å²) in [5.41, 5.74) is 1.86. The Morgan fingerprint density at radius 2 is 2.03 bits per heavy atom. The fourth-order valence-electron chi connectivity index (χ4n) is 5.38. The van der Waals surface area contributed by atoms with E-state index in [1.54, 1.807) is 0 Å². The first-order valence-electron chi connectivity index (χ1n) is 10.7. The van der Waals surface area contributed by atoms with Crippen molar-refractivity contribution in [2.24, 2.45) is 0 Å². The van der Waals surface area contributed by atoms with Crippen LogP contribution in [0.15, 0.2) is 42.5 Å². The number of para-hydroxylation sites is 1. The molecule has 2 N–H and O–H groups in total. The molecule has 1 saturated heterocycles. The van der Waals surface area contributed by atoms with E-state index in [0.29, 0.717) is 19.8 Å². The summed E-state index contributed by atoms with van der Waals surface area (Å²) in [6, 6.07) is 10.4. The lowest BCUT2D eigenvalue weighted by Crippen LogP contribution is -2.57. The number of aliphatic carboxylic acids is 1. The van der Waals surface area contributed by atoms with Crippen LogP contribution in [0.3, 0.4) is 0 Å². The number of carboxylic acids is 1. The number of rotatable bonds is 4. The van der Waals surface area contributed by atoms with Crippen LogP contribution in [0, 0.1) is 11.6 Å². The third-order valence-corrected chi connectivity index (χ3v) is 6.79. The van der Waals surface area contributed by atoms with Gasteiger partial charge in [0.1, 0.15) is 19.5 Å². The number of aromatic nitrogens is 1. The molecule has 8 heteroatoms. The maximum atomic E-state index is 15.6. The fourth-order valence-corrected chi connectivity index (χ4v) is 5.38. The van der Waals surface area contributed by atoms with Crippen molar-refractivity contribution in [1.29, 1.82) is 0 Å². The SMILES string of the molecule is B[C@@]1(c2c(F)cc(/C=C/C(=O)O)cc2F)c2[nH]c3ccccc3c2CCN1[C@H]1CCOC1. The minimum Gasteiger partial charge on any atom is -0.478 e. The van der Waals surface area contributed by atoms with Crippen molar-refractivity contribution in [3.8, 4) is 0 Å². The third-order valence-electron chi connectivity index (χ3n) is 6.79. The van der Waals surface area contributed by atoms with E-state index in [9.17, 15) is 4.79 Å². The smallest absolute Gasteiger partial charge is 0.328 e. The molecule has 2 aromatic carbocycles. The van der Waals surface area contributed by atoms with E-state index in [-0.39, 0.29) is 17.2 Å². The van der Waals surface area contributed by atoms with Gasteiger partial charge in [-0.25, -0.2) is 13.6 Å². The van der Waals surface area contributed by atoms with E-state index in [1.165, 1.54) is 18.2 Å². The minimum atomic E-state index is -1.18. The Hall–Kier alpha value is -2.97. The van der Waals surface area contributed by atoms with Crippen LogP contribution in [-0.2, 0) is 21.4 Å². The molecule has 2 aliphatic heterocycles. The first kappa shape index (κ1) is 20.9. The van der Waals surface area contributed by atoms with Gasteiger partial charge in [0.15, 0.2) is 0 Å². The van der Waals surface area contributed by atoms with E-state index < -0.39 is 23.0 Å². The zero-order valence-electron chi connectivity index (χ0n) is 17.7. The van der Waals surface area contributed by atoms with Crippen LogP contribution < -0.4 is 0 Å². The second kappa shape index (κ2) is 7.87. The Labute approximate surface area is 185 Å². The van der Waals surface area contributed by atoms with E-state index in [4.69, 9.17) is 9.84 Å². The van der Waals surface area contributed by atoms with Gasteiger partial charge in [0, 0.05) is 47.4 Å². The molecule has 5 rings (SSSR count). The van der Waals surface area contributed by atoms with Crippen molar-refractivity contribution in [2.45, 2.75) is 24.3 Å². The van der Waals surface area contributed by atoms with Gasteiger partial charge in [0.05, 0.1) is 12.0 Å². The summed E-state index contributed by atoms with van der Waals surface area (Å²) in [4.78, 5) is 16.4. The normalized spacial score (nSPS) is 23.8. The molecule has 5 nitrogen and oxygen atoms in total. The number of benzene rings is 2. The number of hydrogen-bond donors (Lipinski definition) is 2. The lowest BCUT2D eigenvalue weighted by atomic mass is 9.64. The van der Waals surface area contributed by atoms with Crippen LogP contribution >= 0.6 is 0 Å². The zero-order chi connectivity index (χ0) is 22.5. The first-order valence-corrected chi connectivity index (χ1v) is 10.7. The van der Waals surface area contributed by atoms with Crippen molar-refractivity contribution >= 4 is 30.8 Å². The monoisotopic (exact) mass is 436 g/mol. The maximum Gasteiger partial charge on any atom is 0.328 e.